The summed E-state index contributed by atoms with van der Waals surface area (Å²) >= 11 is 5.92. The SMILES string of the molecule is COc1ccc(N2C(=S)N[C@H](c3ccccn3)[C@@H]2c2cc(C)n(-c3ccccc3)c2C)c(OC)c1. The first-order valence-electron chi connectivity index (χ1n) is 11.5. The highest BCUT2D eigenvalue weighted by atomic mass is 32.1. The van der Waals surface area contributed by atoms with Gasteiger partial charge in [-0.2, -0.15) is 0 Å². The van der Waals surface area contributed by atoms with Crippen molar-refractivity contribution in [3.05, 3.63) is 102 Å². The minimum absolute atomic E-state index is 0.136. The number of aromatic nitrogens is 2. The number of hydrogen-bond acceptors (Lipinski definition) is 4. The quantitative estimate of drug-likeness (QED) is 0.355. The molecule has 1 saturated heterocycles. The molecule has 1 aliphatic heterocycles. The summed E-state index contributed by atoms with van der Waals surface area (Å²) in [5.74, 6) is 1.42. The Morgan fingerprint density at radius 2 is 1.69 bits per heavy atom. The van der Waals surface area contributed by atoms with Crippen molar-refractivity contribution in [1.82, 2.24) is 14.9 Å². The van der Waals surface area contributed by atoms with Gasteiger partial charge in [-0.3, -0.25) is 4.98 Å². The number of rotatable bonds is 6. The molecule has 0 amide bonds. The van der Waals surface area contributed by atoms with Crippen LogP contribution in [-0.2, 0) is 0 Å². The zero-order valence-corrected chi connectivity index (χ0v) is 21.0. The molecule has 0 spiro atoms. The second kappa shape index (κ2) is 9.43. The number of pyridine rings is 1. The summed E-state index contributed by atoms with van der Waals surface area (Å²) in [5, 5.41) is 4.17. The van der Waals surface area contributed by atoms with Crippen LogP contribution in [0.4, 0.5) is 5.69 Å². The van der Waals surface area contributed by atoms with Crippen LogP contribution in [0, 0.1) is 13.8 Å². The Balaban J connectivity index is 1.70. The van der Waals surface area contributed by atoms with Crippen LogP contribution >= 0.6 is 12.2 Å². The zero-order chi connectivity index (χ0) is 24.5. The van der Waals surface area contributed by atoms with Crippen molar-refractivity contribution in [1.29, 1.82) is 0 Å². The fraction of sp³-hybridized carbons (Fsp3) is 0.214. The Hall–Kier alpha value is -3.84. The van der Waals surface area contributed by atoms with E-state index >= 15 is 0 Å². The van der Waals surface area contributed by atoms with Crippen LogP contribution < -0.4 is 19.7 Å². The Bertz CT molecular complexity index is 1350. The van der Waals surface area contributed by atoms with E-state index in [1.807, 2.05) is 48.7 Å². The van der Waals surface area contributed by atoms with Gasteiger partial charge in [0.05, 0.1) is 37.7 Å². The van der Waals surface area contributed by atoms with Crippen LogP contribution in [-0.4, -0.2) is 28.9 Å². The number of ether oxygens (including phenoxy) is 2. The fourth-order valence-electron chi connectivity index (χ4n) is 4.98. The Morgan fingerprint density at radius 3 is 2.37 bits per heavy atom. The lowest BCUT2D eigenvalue weighted by molar-refractivity contribution is 0.394. The number of anilines is 1. The maximum atomic E-state index is 5.92. The van der Waals surface area contributed by atoms with E-state index in [1.54, 1.807) is 14.2 Å². The summed E-state index contributed by atoms with van der Waals surface area (Å²) in [7, 11) is 3.31. The summed E-state index contributed by atoms with van der Waals surface area (Å²) in [6.45, 7) is 4.30. The van der Waals surface area contributed by atoms with Crippen molar-refractivity contribution in [3.63, 3.8) is 0 Å². The van der Waals surface area contributed by atoms with Crippen molar-refractivity contribution in [2.24, 2.45) is 0 Å². The van der Waals surface area contributed by atoms with Crippen LogP contribution in [0.5, 0.6) is 11.5 Å². The monoisotopic (exact) mass is 484 g/mol. The standard InChI is InChI=1S/C28H28N4O2S/c1-18-16-22(19(2)31(18)20-10-6-5-7-11-20)27-26(23-12-8-9-15-29-23)30-28(35)32(27)24-14-13-21(33-3)17-25(24)34-4/h5-17,26-27H,1-4H3,(H,30,35)/t26-,27+/m1/s1. The Morgan fingerprint density at radius 1 is 0.914 bits per heavy atom. The number of nitrogens with zero attached hydrogens (tertiary/aromatic N) is 3. The van der Waals surface area contributed by atoms with E-state index in [0.717, 1.165) is 34.2 Å². The third kappa shape index (κ3) is 4.02. The van der Waals surface area contributed by atoms with Crippen LogP contribution in [0.3, 0.4) is 0 Å². The van der Waals surface area contributed by atoms with E-state index in [-0.39, 0.29) is 12.1 Å². The lowest BCUT2D eigenvalue weighted by atomic mass is 9.96. The maximum absolute atomic E-state index is 5.92. The molecular formula is C28H28N4O2S. The van der Waals surface area contributed by atoms with Gasteiger partial charge < -0.3 is 24.3 Å². The minimum atomic E-state index is -0.139. The summed E-state index contributed by atoms with van der Waals surface area (Å²) in [6, 6.07) is 24.2. The number of aryl methyl sites for hydroxylation is 1. The largest absolute Gasteiger partial charge is 0.497 e. The van der Waals surface area contributed by atoms with Gasteiger partial charge in [0.2, 0.25) is 0 Å². The lowest BCUT2D eigenvalue weighted by Crippen LogP contribution is -2.30. The van der Waals surface area contributed by atoms with Gasteiger partial charge in [-0.15, -0.1) is 0 Å². The summed E-state index contributed by atoms with van der Waals surface area (Å²) in [5.41, 5.74) is 6.42. The van der Waals surface area contributed by atoms with E-state index < -0.39 is 0 Å². The summed E-state index contributed by atoms with van der Waals surface area (Å²) < 4.78 is 13.5. The highest BCUT2D eigenvalue weighted by Gasteiger charge is 2.43. The van der Waals surface area contributed by atoms with Gasteiger partial charge in [0.15, 0.2) is 5.11 Å². The normalized spacial score (nSPS) is 17.4. The summed E-state index contributed by atoms with van der Waals surface area (Å²) in [4.78, 5) is 6.82. The second-order valence-electron chi connectivity index (χ2n) is 8.53. The molecule has 7 heteroatoms. The van der Waals surface area contributed by atoms with Gasteiger partial charge in [-0.25, -0.2) is 0 Å². The van der Waals surface area contributed by atoms with E-state index in [1.165, 1.54) is 5.56 Å². The fourth-order valence-corrected chi connectivity index (χ4v) is 5.31. The molecule has 0 radical (unpaired) electrons. The molecule has 2 aromatic heterocycles. The van der Waals surface area contributed by atoms with E-state index in [9.17, 15) is 0 Å². The third-order valence-corrected chi connectivity index (χ3v) is 6.86. The van der Waals surface area contributed by atoms with Gasteiger partial charge in [0.25, 0.3) is 0 Å². The van der Waals surface area contributed by atoms with Crippen molar-refractivity contribution < 1.29 is 9.47 Å². The van der Waals surface area contributed by atoms with Gasteiger partial charge in [-0.05, 0) is 74.1 Å². The average Bonchev–Trinajstić information content (AvgIpc) is 3.39. The lowest BCUT2D eigenvalue weighted by Gasteiger charge is -2.29. The number of para-hydroxylation sites is 1. The Kier molecular flexibility index (Phi) is 6.17. The molecule has 6 nitrogen and oxygen atoms in total. The van der Waals surface area contributed by atoms with Crippen molar-refractivity contribution in [2.75, 3.05) is 19.1 Å². The molecule has 178 valence electrons. The third-order valence-electron chi connectivity index (χ3n) is 6.55. The Labute approximate surface area is 211 Å². The van der Waals surface area contributed by atoms with Gasteiger partial charge in [0, 0.05) is 29.3 Å². The minimum Gasteiger partial charge on any atom is -0.497 e. The molecule has 1 fully saturated rings. The van der Waals surface area contributed by atoms with E-state index in [0.29, 0.717) is 10.9 Å². The maximum Gasteiger partial charge on any atom is 0.174 e. The topological polar surface area (TPSA) is 51.5 Å². The highest BCUT2D eigenvalue weighted by Crippen LogP contribution is 2.46. The van der Waals surface area contributed by atoms with Crippen molar-refractivity contribution in [3.8, 4) is 17.2 Å². The van der Waals surface area contributed by atoms with Crippen molar-refractivity contribution in [2.45, 2.75) is 25.9 Å². The molecule has 1 aliphatic rings. The number of nitrogens with one attached hydrogen (secondary N) is 1. The molecule has 0 saturated carbocycles. The predicted molar refractivity (Wildman–Crippen MR) is 143 cm³/mol. The molecule has 0 aliphatic carbocycles. The van der Waals surface area contributed by atoms with Crippen LogP contribution in [0.1, 0.15) is 34.7 Å². The van der Waals surface area contributed by atoms with Gasteiger partial charge >= 0.3 is 0 Å². The molecule has 2 atom stereocenters. The zero-order valence-electron chi connectivity index (χ0n) is 20.2. The smallest absolute Gasteiger partial charge is 0.174 e. The summed E-state index contributed by atoms with van der Waals surface area (Å²) in [6.07, 6.45) is 1.82. The first-order chi connectivity index (χ1) is 17.0. The van der Waals surface area contributed by atoms with Gasteiger partial charge in [0.1, 0.15) is 11.5 Å². The van der Waals surface area contributed by atoms with Crippen molar-refractivity contribution >= 4 is 23.0 Å². The predicted octanol–water partition coefficient (Wildman–Crippen LogP) is 5.68. The average molecular weight is 485 g/mol. The number of hydrogen-bond donors (Lipinski definition) is 1. The molecule has 0 unspecified atom stereocenters. The van der Waals surface area contributed by atoms with Crippen LogP contribution in [0.25, 0.3) is 5.69 Å². The number of thiocarbonyl (C=S) groups is 1. The molecule has 1 N–H and O–H groups in total. The second-order valence-corrected chi connectivity index (χ2v) is 8.92. The molecule has 5 rings (SSSR count). The van der Waals surface area contributed by atoms with Gasteiger partial charge in [-0.1, -0.05) is 24.3 Å². The van der Waals surface area contributed by atoms with E-state index in [4.69, 9.17) is 21.7 Å². The number of methoxy groups -OCH3 is 2. The molecule has 2 aromatic carbocycles. The van der Waals surface area contributed by atoms with Crippen LogP contribution in [0.2, 0.25) is 0 Å². The first kappa shape index (κ1) is 22.9. The molecule has 35 heavy (non-hydrogen) atoms. The van der Waals surface area contributed by atoms with E-state index in [2.05, 4.69) is 63.9 Å². The molecule has 4 aromatic rings. The molecular weight excluding hydrogens is 456 g/mol. The first-order valence-corrected chi connectivity index (χ1v) is 11.9. The number of benzene rings is 2. The highest BCUT2D eigenvalue weighted by molar-refractivity contribution is 7.80. The van der Waals surface area contributed by atoms with Crippen LogP contribution in [0.15, 0.2) is 79.0 Å². The molecule has 3 heterocycles. The molecule has 0 bridgehead atoms.